The molecular weight excluding hydrogens is 232 g/mol. The van der Waals surface area contributed by atoms with E-state index in [-0.39, 0.29) is 0 Å². The SMILES string of the molecule is CNC(Cc1nc(C)c(C)s1)C1COC(C)C1. The van der Waals surface area contributed by atoms with Gasteiger partial charge in [-0.2, -0.15) is 0 Å². The van der Waals surface area contributed by atoms with Gasteiger partial charge in [0, 0.05) is 23.3 Å². The van der Waals surface area contributed by atoms with Crippen molar-refractivity contribution in [1.82, 2.24) is 10.3 Å². The minimum Gasteiger partial charge on any atom is -0.378 e. The van der Waals surface area contributed by atoms with Gasteiger partial charge in [0.1, 0.15) is 0 Å². The van der Waals surface area contributed by atoms with Crippen molar-refractivity contribution < 1.29 is 4.74 Å². The van der Waals surface area contributed by atoms with E-state index in [0.29, 0.717) is 18.1 Å². The molecule has 17 heavy (non-hydrogen) atoms. The summed E-state index contributed by atoms with van der Waals surface area (Å²) in [6.45, 7) is 7.27. The van der Waals surface area contributed by atoms with Crippen molar-refractivity contribution in [2.45, 2.75) is 45.8 Å². The second-order valence-electron chi connectivity index (χ2n) is 4.99. The number of ether oxygens (including phenoxy) is 1. The molecule has 0 aliphatic carbocycles. The van der Waals surface area contributed by atoms with E-state index < -0.39 is 0 Å². The number of aromatic nitrogens is 1. The molecule has 0 spiro atoms. The zero-order chi connectivity index (χ0) is 12.4. The Hall–Kier alpha value is -0.450. The molecule has 3 nitrogen and oxygen atoms in total. The molecule has 1 aromatic rings. The van der Waals surface area contributed by atoms with Gasteiger partial charge in [-0.1, -0.05) is 0 Å². The molecule has 2 heterocycles. The third-order valence-corrected chi connectivity index (χ3v) is 4.73. The highest BCUT2D eigenvalue weighted by Crippen LogP contribution is 2.26. The first-order valence-electron chi connectivity index (χ1n) is 6.32. The maximum atomic E-state index is 5.66. The Bertz CT molecular complexity index is 358. The first kappa shape index (κ1) is 13.0. The molecule has 0 saturated carbocycles. The van der Waals surface area contributed by atoms with E-state index in [1.165, 1.54) is 15.6 Å². The summed E-state index contributed by atoms with van der Waals surface area (Å²) in [5, 5.41) is 4.68. The fourth-order valence-electron chi connectivity index (χ4n) is 2.45. The first-order valence-corrected chi connectivity index (χ1v) is 7.13. The van der Waals surface area contributed by atoms with E-state index in [1.54, 1.807) is 0 Å². The Balaban J connectivity index is 1.99. The molecule has 0 bridgehead atoms. The van der Waals surface area contributed by atoms with Crippen LogP contribution in [0.15, 0.2) is 0 Å². The number of hydrogen-bond donors (Lipinski definition) is 1. The summed E-state index contributed by atoms with van der Waals surface area (Å²) < 4.78 is 5.66. The van der Waals surface area contributed by atoms with E-state index in [2.05, 4.69) is 31.1 Å². The normalized spacial score (nSPS) is 26.4. The zero-order valence-corrected chi connectivity index (χ0v) is 11.9. The zero-order valence-electron chi connectivity index (χ0n) is 11.1. The van der Waals surface area contributed by atoms with Crippen molar-refractivity contribution in [2.24, 2.45) is 5.92 Å². The van der Waals surface area contributed by atoms with Gasteiger partial charge in [-0.05, 0) is 34.2 Å². The van der Waals surface area contributed by atoms with Crippen molar-refractivity contribution in [3.05, 3.63) is 15.6 Å². The highest BCUT2D eigenvalue weighted by Gasteiger charge is 2.29. The van der Waals surface area contributed by atoms with Crippen LogP contribution >= 0.6 is 11.3 Å². The van der Waals surface area contributed by atoms with Gasteiger partial charge in [-0.3, -0.25) is 0 Å². The molecule has 3 atom stereocenters. The van der Waals surface area contributed by atoms with Gasteiger partial charge >= 0.3 is 0 Å². The first-order chi connectivity index (χ1) is 8.10. The maximum Gasteiger partial charge on any atom is 0.0946 e. The van der Waals surface area contributed by atoms with Crippen LogP contribution < -0.4 is 5.32 Å². The summed E-state index contributed by atoms with van der Waals surface area (Å²) in [4.78, 5) is 5.96. The summed E-state index contributed by atoms with van der Waals surface area (Å²) >= 11 is 1.83. The maximum absolute atomic E-state index is 5.66. The van der Waals surface area contributed by atoms with Crippen LogP contribution in [-0.2, 0) is 11.2 Å². The van der Waals surface area contributed by atoms with Gasteiger partial charge in [0.2, 0.25) is 0 Å². The molecule has 0 amide bonds. The lowest BCUT2D eigenvalue weighted by Gasteiger charge is -2.20. The molecule has 0 aromatic carbocycles. The molecule has 1 fully saturated rings. The van der Waals surface area contributed by atoms with Crippen LogP contribution in [0.2, 0.25) is 0 Å². The molecule has 1 aliphatic heterocycles. The second-order valence-corrected chi connectivity index (χ2v) is 6.28. The number of aryl methyl sites for hydroxylation is 2. The topological polar surface area (TPSA) is 34.2 Å². The van der Waals surface area contributed by atoms with Gasteiger partial charge in [0.15, 0.2) is 0 Å². The van der Waals surface area contributed by atoms with E-state index in [9.17, 15) is 0 Å². The van der Waals surface area contributed by atoms with E-state index in [0.717, 1.165) is 19.4 Å². The van der Waals surface area contributed by atoms with Crippen LogP contribution in [0.5, 0.6) is 0 Å². The number of likely N-dealkylation sites (N-methyl/N-ethyl adjacent to an activating group) is 1. The average Bonchev–Trinajstić information content (AvgIpc) is 2.83. The van der Waals surface area contributed by atoms with Gasteiger partial charge < -0.3 is 10.1 Å². The highest BCUT2D eigenvalue weighted by molar-refractivity contribution is 7.11. The molecule has 96 valence electrons. The third kappa shape index (κ3) is 3.06. The van der Waals surface area contributed by atoms with Crippen molar-refractivity contribution >= 4 is 11.3 Å². The fourth-order valence-corrected chi connectivity index (χ4v) is 3.44. The van der Waals surface area contributed by atoms with Crippen molar-refractivity contribution in [3.63, 3.8) is 0 Å². The minimum absolute atomic E-state index is 0.413. The molecular formula is C13H22N2OS. The average molecular weight is 254 g/mol. The highest BCUT2D eigenvalue weighted by atomic mass is 32.1. The Morgan fingerprint density at radius 2 is 2.29 bits per heavy atom. The Morgan fingerprint density at radius 1 is 1.53 bits per heavy atom. The van der Waals surface area contributed by atoms with Crippen LogP contribution in [0.3, 0.4) is 0 Å². The summed E-state index contributed by atoms with van der Waals surface area (Å²) in [6, 6.07) is 0.491. The Kier molecular flexibility index (Phi) is 4.17. The summed E-state index contributed by atoms with van der Waals surface area (Å²) in [7, 11) is 2.04. The van der Waals surface area contributed by atoms with Gasteiger partial charge in [-0.25, -0.2) is 4.98 Å². The smallest absolute Gasteiger partial charge is 0.0946 e. The quantitative estimate of drug-likeness (QED) is 0.895. The lowest BCUT2D eigenvalue weighted by molar-refractivity contribution is 0.117. The van der Waals surface area contributed by atoms with E-state index in [1.807, 2.05) is 18.4 Å². The molecule has 1 aliphatic rings. The largest absolute Gasteiger partial charge is 0.378 e. The Morgan fingerprint density at radius 3 is 2.76 bits per heavy atom. The molecule has 3 unspecified atom stereocenters. The Labute approximate surface area is 108 Å². The second kappa shape index (κ2) is 5.46. The number of nitrogens with zero attached hydrogens (tertiary/aromatic N) is 1. The molecule has 1 N–H and O–H groups in total. The number of thiazole rings is 1. The van der Waals surface area contributed by atoms with Crippen LogP contribution in [0, 0.1) is 19.8 Å². The number of hydrogen-bond acceptors (Lipinski definition) is 4. The monoisotopic (exact) mass is 254 g/mol. The van der Waals surface area contributed by atoms with Gasteiger partial charge in [0.05, 0.1) is 23.4 Å². The van der Waals surface area contributed by atoms with Crippen LogP contribution in [0.25, 0.3) is 0 Å². The summed E-state index contributed by atoms with van der Waals surface area (Å²) in [5.41, 5.74) is 1.18. The molecule has 4 heteroatoms. The lowest BCUT2D eigenvalue weighted by atomic mass is 9.95. The predicted molar refractivity (Wildman–Crippen MR) is 71.7 cm³/mol. The van der Waals surface area contributed by atoms with Crippen molar-refractivity contribution in [1.29, 1.82) is 0 Å². The van der Waals surface area contributed by atoms with Gasteiger partial charge in [-0.15, -0.1) is 11.3 Å². The van der Waals surface area contributed by atoms with Crippen molar-refractivity contribution in [2.75, 3.05) is 13.7 Å². The minimum atomic E-state index is 0.413. The standard InChI is InChI=1S/C13H22N2OS/c1-8-5-11(7-16-8)12(14-4)6-13-15-9(2)10(3)17-13/h8,11-12,14H,5-7H2,1-4H3. The molecule has 1 aromatic heterocycles. The molecule has 1 saturated heterocycles. The van der Waals surface area contributed by atoms with E-state index in [4.69, 9.17) is 4.74 Å². The van der Waals surface area contributed by atoms with E-state index >= 15 is 0 Å². The predicted octanol–water partition coefficient (Wildman–Crippen LogP) is 2.32. The fraction of sp³-hybridized carbons (Fsp3) is 0.769. The molecule has 0 radical (unpaired) electrons. The van der Waals surface area contributed by atoms with Crippen LogP contribution in [-0.4, -0.2) is 30.8 Å². The summed E-state index contributed by atoms with van der Waals surface area (Å²) in [5.74, 6) is 0.625. The number of rotatable bonds is 4. The number of nitrogens with one attached hydrogen (secondary N) is 1. The van der Waals surface area contributed by atoms with Gasteiger partial charge in [0.25, 0.3) is 0 Å². The van der Waals surface area contributed by atoms with Crippen LogP contribution in [0.1, 0.15) is 28.9 Å². The lowest BCUT2D eigenvalue weighted by Crippen LogP contribution is -2.36. The van der Waals surface area contributed by atoms with Crippen molar-refractivity contribution in [3.8, 4) is 0 Å². The molecule has 2 rings (SSSR count). The van der Waals surface area contributed by atoms with Crippen LogP contribution in [0.4, 0.5) is 0 Å². The summed E-state index contributed by atoms with van der Waals surface area (Å²) in [6.07, 6.45) is 2.60. The third-order valence-electron chi connectivity index (χ3n) is 3.64.